The molecular weight excluding hydrogens is 505 g/mol. The quantitative estimate of drug-likeness (QED) is 0.477. The molecule has 1 N–H and O–H groups in total. The first kappa shape index (κ1) is 29.0. The van der Waals surface area contributed by atoms with Gasteiger partial charge in [-0.05, 0) is 36.1 Å². The number of likely N-dealkylation sites (tertiary alicyclic amines) is 1. The van der Waals surface area contributed by atoms with Crippen LogP contribution >= 0.6 is 24.8 Å². The summed E-state index contributed by atoms with van der Waals surface area (Å²) in [7, 11) is 0. The predicted octanol–water partition coefficient (Wildman–Crippen LogP) is 4.54. The number of carbonyl (C=O) groups excluding carboxylic acids is 1. The van der Waals surface area contributed by atoms with E-state index in [1.165, 1.54) is 11.3 Å². The molecular formula is C30H37Cl2N3O2. The Bertz CT molecular complexity index is 1100. The van der Waals surface area contributed by atoms with Crippen LogP contribution in [0.5, 0.6) is 0 Å². The van der Waals surface area contributed by atoms with Gasteiger partial charge in [-0.15, -0.1) is 24.8 Å². The van der Waals surface area contributed by atoms with Gasteiger partial charge in [0.15, 0.2) is 0 Å². The first-order valence-corrected chi connectivity index (χ1v) is 12.7. The number of hydrogen-bond donors (Lipinski definition) is 1. The van der Waals surface area contributed by atoms with Crippen LogP contribution in [-0.4, -0.2) is 72.7 Å². The van der Waals surface area contributed by atoms with E-state index in [1.807, 2.05) is 41.3 Å². The molecule has 3 aromatic rings. The van der Waals surface area contributed by atoms with Crippen molar-refractivity contribution in [3.63, 3.8) is 0 Å². The molecule has 2 aliphatic heterocycles. The van der Waals surface area contributed by atoms with Crippen LogP contribution in [0.1, 0.15) is 23.1 Å². The van der Waals surface area contributed by atoms with E-state index >= 15 is 0 Å². The van der Waals surface area contributed by atoms with Gasteiger partial charge in [0.1, 0.15) is 5.41 Å². The summed E-state index contributed by atoms with van der Waals surface area (Å²) in [6.07, 6.45) is 0.160. The molecule has 0 aliphatic carbocycles. The molecule has 0 spiro atoms. The first-order chi connectivity index (χ1) is 17.1. The molecule has 2 saturated heterocycles. The molecule has 5 nitrogen and oxygen atoms in total. The van der Waals surface area contributed by atoms with E-state index in [0.29, 0.717) is 19.6 Å². The molecule has 1 unspecified atom stereocenters. The smallest absolute Gasteiger partial charge is 0.237 e. The van der Waals surface area contributed by atoms with Gasteiger partial charge in [-0.2, -0.15) is 0 Å². The second kappa shape index (κ2) is 12.8. The van der Waals surface area contributed by atoms with Gasteiger partial charge in [0.25, 0.3) is 0 Å². The molecule has 5 rings (SSSR count). The maximum absolute atomic E-state index is 13.9. The number of anilines is 1. The number of aliphatic hydroxyl groups excluding tert-OH is 1. The minimum atomic E-state index is -0.679. The first-order valence-electron chi connectivity index (χ1n) is 12.7. The Morgan fingerprint density at radius 1 is 0.757 bits per heavy atom. The van der Waals surface area contributed by atoms with Crippen LogP contribution in [0.2, 0.25) is 0 Å². The standard InChI is InChI=1S/C30H35N3O2.2ClH/c1-24-10-8-9-15-28(24)32-20-18-31(19-21-32)22-27(34)23-33-17-16-30(29(33)35,25-11-4-2-5-12-25)26-13-6-3-7-14-26;;/h2-15,27,34H,16-23H2,1H3;2*1H. The average molecular weight is 543 g/mol. The van der Waals surface area contributed by atoms with Gasteiger partial charge in [-0.1, -0.05) is 78.9 Å². The van der Waals surface area contributed by atoms with Crippen LogP contribution in [0.3, 0.4) is 0 Å². The van der Waals surface area contributed by atoms with Crippen molar-refractivity contribution in [1.82, 2.24) is 9.80 Å². The molecule has 2 aliphatic rings. The number of carbonyl (C=O) groups is 1. The van der Waals surface area contributed by atoms with E-state index < -0.39 is 11.5 Å². The van der Waals surface area contributed by atoms with Gasteiger partial charge < -0.3 is 14.9 Å². The average Bonchev–Trinajstić information content (AvgIpc) is 3.22. The Morgan fingerprint density at radius 2 is 1.30 bits per heavy atom. The SMILES string of the molecule is Cc1ccccc1N1CCN(CC(O)CN2CCC(c3ccccc3)(c3ccccc3)C2=O)CC1.Cl.Cl. The molecule has 37 heavy (non-hydrogen) atoms. The van der Waals surface area contributed by atoms with Gasteiger partial charge in [-0.25, -0.2) is 0 Å². The zero-order valence-electron chi connectivity index (χ0n) is 21.3. The van der Waals surface area contributed by atoms with E-state index in [2.05, 4.69) is 65.3 Å². The fourth-order valence-electron chi connectivity index (χ4n) is 5.80. The van der Waals surface area contributed by atoms with Gasteiger partial charge in [0.2, 0.25) is 5.91 Å². The summed E-state index contributed by atoms with van der Waals surface area (Å²) >= 11 is 0. The summed E-state index contributed by atoms with van der Waals surface area (Å²) in [6, 6.07) is 28.7. The molecule has 1 atom stereocenters. The number of halogens is 2. The van der Waals surface area contributed by atoms with Gasteiger partial charge in [-0.3, -0.25) is 9.69 Å². The van der Waals surface area contributed by atoms with Gasteiger partial charge in [0.05, 0.1) is 6.10 Å². The summed E-state index contributed by atoms with van der Waals surface area (Å²) in [5.41, 5.74) is 3.98. The zero-order valence-corrected chi connectivity index (χ0v) is 23.0. The number of amides is 1. The van der Waals surface area contributed by atoms with Crippen molar-refractivity contribution in [3.8, 4) is 0 Å². The summed E-state index contributed by atoms with van der Waals surface area (Å²) in [4.78, 5) is 20.5. The summed E-state index contributed by atoms with van der Waals surface area (Å²) in [6.45, 7) is 7.50. The number of piperazine rings is 1. The number of nitrogens with zero attached hydrogens (tertiary/aromatic N) is 3. The van der Waals surface area contributed by atoms with E-state index in [-0.39, 0.29) is 30.7 Å². The van der Waals surface area contributed by atoms with Crippen molar-refractivity contribution in [1.29, 1.82) is 0 Å². The normalized spacial score (nSPS) is 18.2. The largest absolute Gasteiger partial charge is 0.390 e. The van der Waals surface area contributed by atoms with Crippen molar-refractivity contribution < 1.29 is 9.90 Å². The van der Waals surface area contributed by atoms with Crippen LogP contribution in [0.25, 0.3) is 0 Å². The van der Waals surface area contributed by atoms with Crippen LogP contribution in [0, 0.1) is 6.92 Å². The Morgan fingerprint density at radius 3 is 1.86 bits per heavy atom. The fraction of sp³-hybridized carbons (Fsp3) is 0.367. The van der Waals surface area contributed by atoms with Crippen LogP contribution < -0.4 is 4.90 Å². The van der Waals surface area contributed by atoms with E-state index in [0.717, 1.165) is 43.7 Å². The fourth-order valence-corrected chi connectivity index (χ4v) is 5.80. The Balaban J connectivity index is 0.00000190. The molecule has 0 aromatic heterocycles. The third-order valence-electron chi connectivity index (χ3n) is 7.67. The van der Waals surface area contributed by atoms with E-state index in [4.69, 9.17) is 0 Å². The highest BCUT2D eigenvalue weighted by molar-refractivity contribution is 5.94. The van der Waals surface area contributed by atoms with Crippen molar-refractivity contribution in [3.05, 3.63) is 102 Å². The number of rotatable bonds is 7. The maximum Gasteiger partial charge on any atom is 0.237 e. The summed E-state index contributed by atoms with van der Waals surface area (Å²) in [5, 5.41) is 11.0. The molecule has 198 valence electrons. The van der Waals surface area contributed by atoms with E-state index in [1.54, 1.807) is 0 Å². The molecule has 2 fully saturated rings. The number of benzene rings is 3. The topological polar surface area (TPSA) is 47.0 Å². The van der Waals surface area contributed by atoms with Crippen LogP contribution in [0.15, 0.2) is 84.9 Å². The molecule has 0 saturated carbocycles. The second-order valence-corrected chi connectivity index (χ2v) is 9.87. The number of aliphatic hydroxyl groups is 1. The highest BCUT2D eigenvalue weighted by Gasteiger charge is 2.49. The minimum absolute atomic E-state index is 0. The molecule has 3 aromatic carbocycles. The number of para-hydroxylation sites is 1. The zero-order chi connectivity index (χ0) is 24.3. The lowest BCUT2D eigenvalue weighted by Crippen LogP contribution is -2.50. The predicted molar refractivity (Wildman–Crippen MR) is 155 cm³/mol. The lowest BCUT2D eigenvalue weighted by molar-refractivity contribution is -0.132. The molecule has 2 heterocycles. The highest BCUT2D eigenvalue weighted by atomic mass is 35.5. The van der Waals surface area contributed by atoms with Crippen molar-refractivity contribution in [2.45, 2.75) is 24.9 Å². The lowest BCUT2D eigenvalue weighted by Gasteiger charge is -2.38. The Labute approximate surface area is 232 Å². The second-order valence-electron chi connectivity index (χ2n) is 9.87. The third kappa shape index (κ3) is 5.96. The number of aryl methyl sites for hydroxylation is 1. The number of β-amino-alcohol motifs (C(OH)–C–C–N with tert-alkyl or cyclic N) is 1. The van der Waals surface area contributed by atoms with Crippen molar-refractivity contribution in [2.75, 3.05) is 50.7 Å². The van der Waals surface area contributed by atoms with Crippen molar-refractivity contribution >= 4 is 36.4 Å². The van der Waals surface area contributed by atoms with Crippen molar-refractivity contribution in [2.24, 2.45) is 0 Å². The molecule has 1 amide bonds. The summed E-state index contributed by atoms with van der Waals surface area (Å²) in [5.74, 6) is 0.0957. The van der Waals surface area contributed by atoms with E-state index in [9.17, 15) is 9.90 Å². The Hall–Kier alpha value is -2.57. The number of hydrogen-bond acceptors (Lipinski definition) is 4. The lowest BCUT2D eigenvalue weighted by atomic mass is 9.73. The Kier molecular flexibility index (Phi) is 10.0. The van der Waals surface area contributed by atoms with Crippen LogP contribution in [0.4, 0.5) is 5.69 Å². The maximum atomic E-state index is 13.9. The molecule has 0 bridgehead atoms. The minimum Gasteiger partial charge on any atom is -0.390 e. The van der Waals surface area contributed by atoms with Gasteiger partial charge in [0, 0.05) is 51.5 Å². The van der Waals surface area contributed by atoms with Crippen LogP contribution in [-0.2, 0) is 10.2 Å². The highest BCUT2D eigenvalue weighted by Crippen LogP contribution is 2.42. The monoisotopic (exact) mass is 541 g/mol. The molecule has 7 heteroatoms. The third-order valence-corrected chi connectivity index (χ3v) is 7.67. The molecule has 0 radical (unpaired) electrons. The van der Waals surface area contributed by atoms with Gasteiger partial charge >= 0.3 is 0 Å². The summed E-state index contributed by atoms with van der Waals surface area (Å²) < 4.78 is 0.